The van der Waals surface area contributed by atoms with E-state index in [4.69, 9.17) is 0 Å². The maximum absolute atomic E-state index is 15.9. The maximum atomic E-state index is 15.9. The summed E-state index contributed by atoms with van der Waals surface area (Å²) in [5.41, 5.74) is -10.0. The predicted molar refractivity (Wildman–Crippen MR) is 128 cm³/mol. The highest BCUT2D eigenvalue weighted by Crippen LogP contribution is 2.47. The minimum Gasteiger partial charge on any atom is -0.478 e. The number of hydrogen-bond acceptors (Lipinski definition) is 6. The van der Waals surface area contributed by atoms with E-state index in [1.807, 2.05) is 0 Å². The number of aromatic carboxylic acids is 2. The molecule has 4 rings (SSSR count). The fraction of sp³-hybridized carbons (Fsp3) is 0.125. The van der Waals surface area contributed by atoms with Crippen LogP contribution in [0.15, 0.2) is 52.8 Å². The molecule has 0 amide bonds. The minimum absolute atomic E-state index is 0.270. The smallest absolute Gasteiger partial charge is 0.478 e. The van der Waals surface area contributed by atoms with E-state index in [1.165, 1.54) is 0 Å². The Morgan fingerprint density at radius 2 is 1.56 bits per heavy atom. The van der Waals surface area contributed by atoms with E-state index >= 15 is 13.2 Å². The van der Waals surface area contributed by atoms with E-state index in [9.17, 15) is 50.6 Å². The van der Waals surface area contributed by atoms with Gasteiger partial charge in [-0.2, -0.15) is 21.6 Å². The third kappa shape index (κ3) is 4.53. The summed E-state index contributed by atoms with van der Waals surface area (Å²) in [5, 5.41) is 17.6. The van der Waals surface area contributed by atoms with Gasteiger partial charge in [-0.15, -0.1) is 0 Å². The molecule has 0 atom stereocenters. The van der Waals surface area contributed by atoms with Crippen LogP contribution in [0.1, 0.15) is 31.8 Å². The predicted octanol–water partition coefficient (Wildman–Crippen LogP) is 4.52. The zero-order valence-electron chi connectivity index (χ0n) is 20.3. The van der Waals surface area contributed by atoms with Crippen molar-refractivity contribution >= 4 is 46.7 Å². The standard InChI is InChI=1S/C24H13F7O8SSi/c1-41(2)20-11(6-13(25)18(32)16(20)27)15(10-5-8(22(33)34)3-4-9(10)23(35)36)12-7-14(26)19(17(28)21(12)41)39-40(37,38)24(29,30)31/h3-7H,1-2H3,(H,33,34)(H,35,36). The molecule has 0 unspecified atom stereocenters. The molecule has 1 heterocycles. The average Bonchev–Trinajstić information content (AvgIpc) is 2.83. The molecule has 1 aliphatic carbocycles. The van der Waals surface area contributed by atoms with Gasteiger partial charge < -0.3 is 14.4 Å². The summed E-state index contributed by atoms with van der Waals surface area (Å²) in [6, 6.07) is 2.61. The molecule has 2 aromatic rings. The van der Waals surface area contributed by atoms with E-state index in [1.54, 1.807) is 0 Å². The Morgan fingerprint density at radius 1 is 0.951 bits per heavy atom. The number of ketones is 1. The number of alkyl halides is 3. The first-order valence-corrected chi connectivity index (χ1v) is 15.3. The lowest BCUT2D eigenvalue weighted by Crippen LogP contribution is -2.52. The van der Waals surface area contributed by atoms with Crippen LogP contribution in [-0.2, 0) is 14.9 Å². The average molecular weight is 622 g/mol. The second kappa shape index (κ2) is 9.40. The van der Waals surface area contributed by atoms with Gasteiger partial charge in [-0.05, 0) is 63.0 Å². The van der Waals surface area contributed by atoms with Gasteiger partial charge in [0.2, 0.25) is 11.5 Å². The van der Waals surface area contributed by atoms with E-state index < -0.39 is 114 Å². The Kier molecular flexibility index (Phi) is 6.82. The monoisotopic (exact) mass is 622 g/mol. The highest BCUT2D eigenvalue weighted by atomic mass is 32.2. The second-order valence-electron chi connectivity index (χ2n) is 9.20. The number of rotatable bonds is 5. The first-order valence-electron chi connectivity index (χ1n) is 10.9. The highest BCUT2D eigenvalue weighted by molar-refractivity contribution is 7.88. The van der Waals surface area contributed by atoms with E-state index in [-0.39, 0.29) is 6.07 Å². The third-order valence-corrected chi connectivity index (χ3v) is 10.8. The molecule has 0 bridgehead atoms. The quantitative estimate of drug-likeness (QED) is 0.215. The van der Waals surface area contributed by atoms with Crippen LogP contribution in [-0.4, -0.2) is 49.9 Å². The van der Waals surface area contributed by atoms with Gasteiger partial charge in [0.05, 0.1) is 11.1 Å². The number of halogens is 7. The van der Waals surface area contributed by atoms with Gasteiger partial charge in [-0.3, -0.25) is 4.79 Å². The summed E-state index contributed by atoms with van der Waals surface area (Å²) in [6.07, 6.45) is 0.459. The number of carboxylic acid groups (broad SMARTS) is 2. The fourth-order valence-electron chi connectivity index (χ4n) is 4.68. The van der Waals surface area contributed by atoms with Crippen molar-refractivity contribution < 1.29 is 67.9 Å². The van der Waals surface area contributed by atoms with Crippen LogP contribution >= 0.6 is 0 Å². The van der Waals surface area contributed by atoms with Crippen molar-refractivity contribution in [3.8, 4) is 5.75 Å². The Bertz CT molecular complexity index is 1800. The van der Waals surface area contributed by atoms with Crippen LogP contribution < -0.4 is 9.37 Å². The summed E-state index contributed by atoms with van der Waals surface area (Å²) >= 11 is 0. The van der Waals surface area contributed by atoms with Crippen molar-refractivity contribution in [1.29, 1.82) is 0 Å². The van der Waals surface area contributed by atoms with Gasteiger partial charge in [0.1, 0.15) is 8.07 Å². The van der Waals surface area contributed by atoms with Crippen molar-refractivity contribution in [2.45, 2.75) is 18.6 Å². The molecular formula is C24H13F7O8SSi. The zero-order chi connectivity index (χ0) is 31.0. The van der Waals surface area contributed by atoms with Crippen LogP contribution in [0, 0.1) is 11.6 Å². The summed E-state index contributed by atoms with van der Waals surface area (Å²) in [4.78, 5) is 35.9. The first-order chi connectivity index (χ1) is 18.7. The molecule has 2 N–H and O–H groups in total. The van der Waals surface area contributed by atoms with Crippen molar-refractivity contribution in [3.05, 3.63) is 86.7 Å². The van der Waals surface area contributed by atoms with Gasteiger partial charge in [0, 0.05) is 0 Å². The Hall–Kier alpha value is -4.25. The molecule has 0 radical (unpaired) electrons. The molecule has 0 aromatic heterocycles. The molecule has 2 aromatic carbocycles. The molecule has 0 spiro atoms. The van der Waals surface area contributed by atoms with Gasteiger partial charge >= 0.3 is 27.6 Å². The fourth-order valence-corrected chi connectivity index (χ4v) is 8.46. The number of carbonyl (C=O) groups is 3. The van der Waals surface area contributed by atoms with Crippen LogP contribution in [0.5, 0.6) is 5.75 Å². The highest BCUT2D eigenvalue weighted by Gasteiger charge is 2.51. The molecule has 17 heteroatoms. The minimum atomic E-state index is -6.63. The van der Waals surface area contributed by atoms with E-state index in [0.29, 0.717) is 12.1 Å². The lowest BCUT2D eigenvalue weighted by atomic mass is 9.86. The van der Waals surface area contributed by atoms with Gasteiger partial charge in [0.15, 0.2) is 23.3 Å². The van der Waals surface area contributed by atoms with Gasteiger partial charge in [-0.25, -0.2) is 27.2 Å². The molecule has 0 saturated carbocycles. The molecule has 0 fully saturated rings. The van der Waals surface area contributed by atoms with Crippen LogP contribution in [0.4, 0.5) is 30.7 Å². The van der Waals surface area contributed by atoms with Crippen molar-refractivity contribution in [1.82, 2.24) is 0 Å². The zero-order valence-corrected chi connectivity index (χ0v) is 22.1. The summed E-state index contributed by atoms with van der Waals surface area (Å²) in [7, 11) is -10.8. The summed E-state index contributed by atoms with van der Waals surface area (Å²) in [6.45, 7) is 2.24. The number of carbonyl (C=O) groups excluding carboxylic acids is 1. The van der Waals surface area contributed by atoms with Crippen LogP contribution in [0.2, 0.25) is 13.1 Å². The van der Waals surface area contributed by atoms with E-state index in [0.717, 1.165) is 25.2 Å². The molecule has 2 aliphatic rings. The maximum Gasteiger partial charge on any atom is 0.534 e. The Balaban J connectivity index is 2.24. The number of hydrogen-bond donors (Lipinski definition) is 2. The lowest BCUT2D eigenvalue weighted by Gasteiger charge is -2.38. The Labute approximate surface area is 225 Å². The van der Waals surface area contributed by atoms with Crippen molar-refractivity contribution in [2.24, 2.45) is 0 Å². The molecule has 8 nitrogen and oxygen atoms in total. The van der Waals surface area contributed by atoms with Crippen molar-refractivity contribution in [2.75, 3.05) is 0 Å². The van der Waals surface area contributed by atoms with Gasteiger partial charge in [-0.1, -0.05) is 13.1 Å². The summed E-state index contributed by atoms with van der Waals surface area (Å²) in [5.74, 6) is -14.7. The number of Topliss-reactive ketones (excluding diaryl/α,β-unsaturated/α-hetero) is 1. The molecule has 216 valence electrons. The molecule has 1 aliphatic heterocycles. The lowest BCUT2D eigenvalue weighted by molar-refractivity contribution is -0.115. The Morgan fingerprint density at radius 3 is 2.10 bits per heavy atom. The number of allylic oxidation sites excluding steroid dienone is 5. The summed E-state index contributed by atoms with van der Waals surface area (Å²) < 4.78 is 127. The largest absolute Gasteiger partial charge is 0.534 e. The third-order valence-electron chi connectivity index (χ3n) is 6.38. The van der Waals surface area contributed by atoms with Crippen LogP contribution in [0.25, 0.3) is 5.57 Å². The normalized spacial score (nSPS) is 16.7. The number of carboxylic acids is 2. The molecular weight excluding hydrogens is 609 g/mol. The van der Waals surface area contributed by atoms with Crippen LogP contribution in [0.3, 0.4) is 0 Å². The number of benzene rings is 2. The van der Waals surface area contributed by atoms with Gasteiger partial charge in [0.25, 0.3) is 0 Å². The SMILES string of the molecule is C[Si]1(C)C2=C(F)C(=O)C(F)=CC2=C(c2cc(C(=O)O)ccc2C(=O)O)c2cc(F)c(OS(=O)(=O)C(F)(F)F)c(F)c21. The number of fused-ring (bicyclic) bond motifs is 2. The molecule has 41 heavy (non-hydrogen) atoms. The first kappa shape index (κ1) is 29.7. The topological polar surface area (TPSA) is 135 Å². The molecule has 0 saturated heterocycles. The second-order valence-corrected chi connectivity index (χ2v) is 15.0. The van der Waals surface area contributed by atoms with E-state index in [2.05, 4.69) is 4.18 Å². The van der Waals surface area contributed by atoms with Crippen molar-refractivity contribution in [3.63, 3.8) is 0 Å².